The van der Waals surface area contributed by atoms with E-state index < -0.39 is 24.1 Å². The number of methoxy groups -OCH3 is 2. The summed E-state index contributed by atoms with van der Waals surface area (Å²) < 4.78 is 14.7. The molecule has 0 saturated heterocycles. The molecule has 1 aliphatic heterocycles. The normalized spacial score (nSPS) is 15.1. The van der Waals surface area contributed by atoms with Crippen LogP contribution in [-0.4, -0.2) is 32.1 Å². The van der Waals surface area contributed by atoms with Crippen molar-refractivity contribution in [1.82, 2.24) is 0 Å². The van der Waals surface area contributed by atoms with Gasteiger partial charge in [0.05, 0.1) is 30.9 Å². The lowest BCUT2D eigenvalue weighted by Gasteiger charge is -2.16. The van der Waals surface area contributed by atoms with E-state index in [0.29, 0.717) is 16.8 Å². The lowest BCUT2D eigenvalue weighted by Crippen LogP contribution is -2.13. The number of hydrogen-bond acceptors (Lipinski definition) is 7. The van der Waals surface area contributed by atoms with Gasteiger partial charge in [-0.3, -0.25) is 0 Å². The third-order valence-corrected chi connectivity index (χ3v) is 3.76. The molecule has 2 aromatic rings. The number of hydrogen-bond donors (Lipinski definition) is 1. The molecule has 0 radical (unpaired) electrons. The number of fused-ring (bicyclic) bond motifs is 1. The molecule has 7 nitrogen and oxygen atoms in total. The summed E-state index contributed by atoms with van der Waals surface area (Å²) in [7, 11) is 2.49. The van der Waals surface area contributed by atoms with Gasteiger partial charge in [-0.2, -0.15) is 0 Å². The van der Waals surface area contributed by atoms with Crippen LogP contribution < -0.4 is 5.32 Å². The topological polar surface area (TPSA) is 90.9 Å². The SMILES string of the molecule is COC(=O)c1cc(N[C@H]2OC(=O)c3ccccc32)cc(C(=O)OC)c1. The van der Waals surface area contributed by atoms with Crippen LogP contribution in [-0.2, 0) is 14.2 Å². The molecular formula is C18H15NO6. The van der Waals surface area contributed by atoms with Crippen LogP contribution >= 0.6 is 0 Å². The van der Waals surface area contributed by atoms with E-state index >= 15 is 0 Å². The standard InChI is InChI=1S/C18H15NO6/c1-23-16(20)10-7-11(17(21)24-2)9-12(8-10)19-15-13-5-3-4-6-14(13)18(22)25-15/h3-9,15,19H,1-2H3/t15-/m0/s1. The zero-order valence-corrected chi connectivity index (χ0v) is 13.6. The second kappa shape index (κ2) is 6.64. The van der Waals surface area contributed by atoms with E-state index in [9.17, 15) is 14.4 Å². The highest BCUT2D eigenvalue weighted by molar-refractivity contribution is 5.97. The lowest BCUT2D eigenvalue weighted by atomic mass is 10.1. The third kappa shape index (κ3) is 3.16. The predicted molar refractivity (Wildman–Crippen MR) is 87.3 cm³/mol. The maximum Gasteiger partial charge on any atom is 0.340 e. The number of cyclic esters (lactones) is 1. The summed E-state index contributed by atoms with van der Waals surface area (Å²) in [5, 5.41) is 3.01. The number of carbonyl (C=O) groups excluding carboxylic acids is 3. The summed E-state index contributed by atoms with van der Waals surface area (Å²) in [6.45, 7) is 0. The molecule has 0 amide bonds. The van der Waals surface area contributed by atoms with Crippen molar-refractivity contribution in [2.24, 2.45) is 0 Å². The fourth-order valence-electron chi connectivity index (χ4n) is 2.59. The first-order valence-corrected chi connectivity index (χ1v) is 7.41. The Morgan fingerprint density at radius 1 is 1.00 bits per heavy atom. The first kappa shape index (κ1) is 16.5. The molecule has 0 spiro atoms. The molecule has 0 aromatic heterocycles. The molecule has 1 atom stereocenters. The van der Waals surface area contributed by atoms with E-state index in [1.807, 2.05) is 0 Å². The maximum absolute atomic E-state index is 11.9. The summed E-state index contributed by atoms with van der Waals surface area (Å²) in [5.41, 5.74) is 1.90. The van der Waals surface area contributed by atoms with Gasteiger partial charge in [0.1, 0.15) is 0 Å². The molecule has 0 bridgehead atoms. The van der Waals surface area contributed by atoms with Crippen LogP contribution in [0.1, 0.15) is 42.9 Å². The predicted octanol–water partition coefficient (Wildman–Crippen LogP) is 2.54. The molecule has 0 fully saturated rings. The van der Waals surface area contributed by atoms with E-state index in [0.717, 1.165) is 0 Å². The van der Waals surface area contributed by atoms with Gasteiger partial charge < -0.3 is 19.5 Å². The molecule has 3 rings (SSSR count). The molecule has 7 heteroatoms. The van der Waals surface area contributed by atoms with Crippen molar-refractivity contribution in [2.75, 3.05) is 19.5 Å². The second-order valence-electron chi connectivity index (χ2n) is 5.30. The number of esters is 3. The Balaban J connectivity index is 1.96. The lowest BCUT2D eigenvalue weighted by molar-refractivity contribution is 0.0435. The molecule has 25 heavy (non-hydrogen) atoms. The fourth-order valence-corrected chi connectivity index (χ4v) is 2.59. The monoisotopic (exact) mass is 341 g/mol. The van der Waals surface area contributed by atoms with Crippen molar-refractivity contribution >= 4 is 23.6 Å². The Hall–Kier alpha value is -3.35. The zero-order chi connectivity index (χ0) is 18.0. The molecule has 1 aliphatic rings. The van der Waals surface area contributed by atoms with Crippen LogP contribution in [0.15, 0.2) is 42.5 Å². The fraction of sp³-hybridized carbons (Fsp3) is 0.167. The Bertz CT molecular complexity index is 826. The van der Waals surface area contributed by atoms with Gasteiger partial charge in [0.15, 0.2) is 0 Å². The largest absolute Gasteiger partial charge is 0.465 e. The van der Waals surface area contributed by atoms with Crippen molar-refractivity contribution in [3.05, 3.63) is 64.7 Å². The van der Waals surface area contributed by atoms with E-state index in [1.165, 1.54) is 32.4 Å². The van der Waals surface area contributed by atoms with Crippen LogP contribution in [0.2, 0.25) is 0 Å². The van der Waals surface area contributed by atoms with Crippen molar-refractivity contribution in [2.45, 2.75) is 6.23 Å². The van der Waals surface area contributed by atoms with Gasteiger partial charge >= 0.3 is 17.9 Å². The Morgan fingerprint density at radius 2 is 1.60 bits per heavy atom. The van der Waals surface area contributed by atoms with E-state index in [2.05, 4.69) is 5.32 Å². The Labute approximate surface area is 143 Å². The van der Waals surface area contributed by atoms with Crippen molar-refractivity contribution in [3.8, 4) is 0 Å². The molecular weight excluding hydrogens is 326 g/mol. The minimum Gasteiger partial charge on any atom is -0.465 e. The third-order valence-electron chi connectivity index (χ3n) is 3.76. The summed E-state index contributed by atoms with van der Waals surface area (Å²) in [6.07, 6.45) is -0.720. The number of carbonyl (C=O) groups is 3. The number of nitrogens with one attached hydrogen (secondary N) is 1. The van der Waals surface area contributed by atoms with Crippen molar-refractivity contribution < 1.29 is 28.6 Å². The van der Waals surface area contributed by atoms with Crippen LogP contribution in [0.5, 0.6) is 0 Å². The van der Waals surface area contributed by atoms with Crippen molar-refractivity contribution in [1.29, 1.82) is 0 Å². The average Bonchev–Trinajstić information content (AvgIpc) is 2.96. The Morgan fingerprint density at radius 3 is 2.20 bits per heavy atom. The molecule has 2 aromatic carbocycles. The molecule has 1 N–H and O–H groups in total. The summed E-state index contributed by atoms with van der Waals surface area (Å²) >= 11 is 0. The van der Waals surface area contributed by atoms with E-state index in [4.69, 9.17) is 14.2 Å². The highest BCUT2D eigenvalue weighted by atomic mass is 16.6. The molecule has 1 heterocycles. The number of anilines is 1. The molecule has 0 saturated carbocycles. The maximum atomic E-state index is 11.9. The Kier molecular flexibility index (Phi) is 4.38. The van der Waals surface area contributed by atoms with Gasteiger partial charge in [0.2, 0.25) is 6.23 Å². The van der Waals surface area contributed by atoms with Gasteiger partial charge in [-0.15, -0.1) is 0 Å². The van der Waals surface area contributed by atoms with Crippen LogP contribution in [0, 0.1) is 0 Å². The van der Waals surface area contributed by atoms with Gasteiger partial charge in [-0.05, 0) is 24.3 Å². The minimum atomic E-state index is -0.720. The minimum absolute atomic E-state index is 0.172. The molecule has 0 aliphatic carbocycles. The van der Waals surface area contributed by atoms with Crippen molar-refractivity contribution in [3.63, 3.8) is 0 Å². The number of benzene rings is 2. The van der Waals surface area contributed by atoms with Crippen LogP contribution in [0.4, 0.5) is 5.69 Å². The zero-order valence-electron chi connectivity index (χ0n) is 13.6. The smallest absolute Gasteiger partial charge is 0.340 e. The van der Waals surface area contributed by atoms with Gasteiger partial charge in [-0.1, -0.05) is 18.2 Å². The summed E-state index contributed by atoms with van der Waals surface area (Å²) in [6, 6.07) is 11.4. The van der Waals surface area contributed by atoms with E-state index in [1.54, 1.807) is 24.3 Å². The molecule has 0 unspecified atom stereocenters. The first-order chi connectivity index (χ1) is 12.0. The summed E-state index contributed by atoms with van der Waals surface area (Å²) in [4.78, 5) is 35.6. The average molecular weight is 341 g/mol. The number of ether oxygens (including phenoxy) is 3. The molecule has 128 valence electrons. The first-order valence-electron chi connectivity index (χ1n) is 7.41. The highest BCUT2D eigenvalue weighted by Gasteiger charge is 2.30. The van der Waals surface area contributed by atoms with Crippen LogP contribution in [0.25, 0.3) is 0 Å². The highest BCUT2D eigenvalue weighted by Crippen LogP contribution is 2.32. The van der Waals surface area contributed by atoms with Gasteiger partial charge in [0, 0.05) is 11.3 Å². The number of rotatable bonds is 4. The van der Waals surface area contributed by atoms with E-state index in [-0.39, 0.29) is 11.1 Å². The second-order valence-corrected chi connectivity index (χ2v) is 5.30. The van der Waals surface area contributed by atoms with Gasteiger partial charge in [0.25, 0.3) is 0 Å². The van der Waals surface area contributed by atoms with Crippen LogP contribution in [0.3, 0.4) is 0 Å². The van der Waals surface area contributed by atoms with Gasteiger partial charge in [-0.25, -0.2) is 14.4 Å². The quantitative estimate of drug-likeness (QED) is 0.675. The summed E-state index contributed by atoms with van der Waals surface area (Å²) in [5.74, 6) is -1.64.